The van der Waals surface area contributed by atoms with Gasteiger partial charge in [-0.3, -0.25) is 4.68 Å². The lowest BCUT2D eigenvalue weighted by Gasteiger charge is -2.36. The third-order valence-electron chi connectivity index (χ3n) is 8.24. The Morgan fingerprint density at radius 1 is 0.979 bits per heavy atom. The minimum absolute atomic E-state index is 0.105. The van der Waals surface area contributed by atoms with E-state index in [4.69, 9.17) is 0 Å². The summed E-state index contributed by atoms with van der Waals surface area (Å²) in [6.07, 6.45) is 8.64. The Morgan fingerprint density at radius 3 is 2.45 bits per heavy atom. The van der Waals surface area contributed by atoms with Crippen molar-refractivity contribution in [2.45, 2.75) is 82.0 Å². The number of rotatable bonds is 9. The van der Waals surface area contributed by atoms with Crippen molar-refractivity contribution in [2.75, 3.05) is 10.6 Å². The van der Waals surface area contributed by atoms with Gasteiger partial charge < -0.3 is 15.7 Å². The first-order valence-electron chi connectivity index (χ1n) is 15.2. The van der Waals surface area contributed by atoms with Gasteiger partial charge in [-0.05, 0) is 64.4 Å². The summed E-state index contributed by atoms with van der Waals surface area (Å²) in [7, 11) is -3.53. The molecule has 3 N–H and O–H groups in total. The number of hydrogen-bond donors (Lipinski definition) is 3. The van der Waals surface area contributed by atoms with Gasteiger partial charge in [0.2, 0.25) is 0 Å². The van der Waals surface area contributed by atoms with E-state index in [1.54, 1.807) is 18.3 Å². The molecule has 47 heavy (non-hydrogen) atoms. The molecule has 0 aromatic carbocycles. The topological polar surface area (TPSA) is 153 Å². The molecule has 0 unspecified atom stereocenters. The highest BCUT2D eigenvalue weighted by atomic mass is 32.2. The fourth-order valence-corrected chi connectivity index (χ4v) is 7.00. The first-order chi connectivity index (χ1) is 22.2. The summed E-state index contributed by atoms with van der Waals surface area (Å²) in [5.41, 5.74) is 1.22. The van der Waals surface area contributed by atoms with Crippen LogP contribution < -0.4 is 10.6 Å². The molecule has 2 aliphatic rings. The second-order valence-corrected chi connectivity index (χ2v) is 14.6. The lowest BCUT2D eigenvalue weighted by atomic mass is 9.77. The van der Waals surface area contributed by atoms with Crippen molar-refractivity contribution < 1.29 is 26.7 Å². The SMILES string of the molecule is CC(C)(O)C1CCC(Nc2cc(Nc3ccnc(-c4cnn(S(=O)(=O)C5CC5)c4)n3)ncc2C#Cc2cnn(CC(F)(F)F)c2)CC1. The molecule has 12 nitrogen and oxygen atoms in total. The average molecular weight is 670 g/mol. The van der Waals surface area contributed by atoms with E-state index in [-0.39, 0.29) is 17.8 Å². The smallest absolute Gasteiger partial charge is 0.390 e. The van der Waals surface area contributed by atoms with Crippen molar-refractivity contribution in [2.24, 2.45) is 5.92 Å². The third-order valence-corrected chi connectivity index (χ3v) is 10.3. The number of aliphatic hydroxyl groups is 1. The molecule has 16 heteroatoms. The van der Waals surface area contributed by atoms with Crippen LogP contribution >= 0.6 is 0 Å². The Kier molecular flexibility index (Phi) is 8.70. The van der Waals surface area contributed by atoms with Gasteiger partial charge in [-0.2, -0.15) is 27.5 Å². The summed E-state index contributed by atoms with van der Waals surface area (Å²) >= 11 is 0. The number of anilines is 3. The van der Waals surface area contributed by atoms with Crippen molar-refractivity contribution in [1.82, 2.24) is 33.9 Å². The van der Waals surface area contributed by atoms with Gasteiger partial charge >= 0.3 is 6.18 Å². The lowest BCUT2D eigenvalue weighted by molar-refractivity contribution is -0.142. The van der Waals surface area contributed by atoms with E-state index in [1.807, 2.05) is 13.8 Å². The van der Waals surface area contributed by atoms with Crippen LogP contribution in [0.1, 0.15) is 63.5 Å². The van der Waals surface area contributed by atoms with Gasteiger partial charge in [0.25, 0.3) is 10.0 Å². The maximum atomic E-state index is 12.8. The normalized spacial score (nSPS) is 18.8. The number of alkyl halides is 3. The van der Waals surface area contributed by atoms with Crippen molar-refractivity contribution in [3.8, 4) is 23.2 Å². The van der Waals surface area contributed by atoms with Crippen LogP contribution in [0.15, 0.2) is 49.3 Å². The molecular weight excluding hydrogens is 635 g/mol. The zero-order valence-electron chi connectivity index (χ0n) is 25.7. The minimum Gasteiger partial charge on any atom is -0.390 e. The predicted molar refractivity (Wildman–Crippen MR) is 168 cm³/mol. The summed E-state index contributed by atoms with van der Waals surface area (Å²) in [4.78, 5) is 13.3. The van der Waals surface area contributed by atoms with Crippen molar-refractivity contribution in [1.29, 1.82) is 0 Å². The number of nitrogens with one attached hydrogen (secondary N) is 2. The molecule has 2 aliphatic carbocycles. The van der Waals surface area contributed by atoms with Gasteiger partial charge in [-0.1, -0.05) is 11.8 Å². The second kappa shape index (κ2) is 12.6. The number of halogens is 3. The van der Waals surface area contributed by atoms with Crippen LogP contribution in [0.4, 0.5) is 30.5 Å². The summed E-state index contributed by atoms with van der Waals surface area (Å²) in [6, 6.07) is 3.53. The van der Waals surface area contributed by atoms with Crippen LogP contribution in [0.5, 0.6) is 0 Å². The maximum absolute atomic E-state index is 12.8. The van der Waals surface area contributed by atoms with E-state index in [0.717, 1.165) is 34.5 Å². The molecule has 2 saturated carbocycles. The Balaban J connectivity index is 1.23. The number of hydrogen-bond acceptors (Lipinski definition) is 10. The van der Waals surface area contributed by atoms with Crippen molar-refractivity contribution >= 4 is 27.3 Å². The number of aromatic nitrogens is 7. The highest BCUT2D eigenvalue weighted by Gasteiger charge is 2.38. The van der Waals surface area contributed by atoms with Crippen LogP contribution in [-0.2, 0) is 16.6 Å². The summed E-state index contributed by atoms with van der Waals surface area (Å²) in [5.74, 6) is 7.22. The molecule has 0 spiro atoms. The molecule has 4 aromatic heterocycles. The van der Waals surface area contributed by atoms with E-state index in [0.29, 0.717) is 46.9 Å². The molecule has 0 amide bonds. The molecule has 6 rings (SSSR count). The fraction of sp³-hybridized carbons (Fsp3) is 0.452. The first kappa shape index (κ1) is 32.5. The van der Waals surface area contributed by atoms with E-state index in [2.05, 4.69) is 47.6 Å². The average Bonchev–Trinajstić information content (AvgIpc) is 3.59. The van der Waals surface area contributed by atoms with Crippen LogP contribution in [-0.4, -0.2) is 70.5 Å². The van der Waals surface area contributed by atoms with Crippen molar-refractivity contribution in [3.63, 3.8) is 0 Å². The van der Waals surface area contributed by atoms with E-state index >= 15 is 0 Å². The monoisotopic (exact) mass is 669 g/mol. The summed E-state index contributed by atoms with van der Waals surface area (Å²) in [6.45, 7) is 2.46. The Labute approximate surface area is 269 Å². The molecule has 0 aliphatic heterocycles. The Bertz CT molecular complexity index is 1910. The largest absolute Gasteiger partial charge is 0.408 e. The zero-order valence-corrected chi connectivity index (χ0v) is 26.6. The highest BCUT2D eigenvalue weighted by Crippen LogP contribution is 2.35. The second-order valence-electron chi connectivity index (χ2n) is 12.5. The fourth-order valence-electron chi connectivity index (χ4n) is 5.52. The molecular formula is C31H34F3N9O3S. The molecule has 4 aromatic rings. The predicted octanol–water partition coefficient (Wildman–Crippen LogP) is 4.72. The molecule has 0 atom stereocenters. The van der Waals surface area contributed by atoms with Gasteiger partial charge in [0.1, 0.15) is 18.2 Å². The van der Waals surface area contributed by atoms with Gasteiger partial charge in [-0.25, -0.2) is 23.4 Å². The van der Waals surface area contributed by atoms with Gasteiger partial charge in [0, 0.05) is 30.7 Å². The minimum atomic E-state index is -4.39. The molecule has 0 bridgehead atoms. The van der Waals surface area contributed by atoms with Gasteiger partial charge in [-0.15, -0.1) is 0 Å². The Morgan fingerprint density at radius 2 is 1.74 bits per heavy atom. The van der Waals surface area contributed by atoms with Crippen LogP contribution in [0, 0.1) is 17.8 Å². The number of nitrogens with zero attached hydrogens (tertiary/aromatic N) is 7. The maximum Gasteiger partial charge on any atom is 0.408 e. The van der Waals surface area contributed by atoms with Crippen molar-refractivity contribution in [3.05, 3.63) is 60.4 Å². The lowest BCUT2D eigenvalue weighted by Crippen LogP contribution is -2.37. The molecule has 4 heterocycles. The molecule has 248 valence electrons. The summed E-state index contributed by atoms with van der Waals surface area (Å²) in [5, 5.41) is 24.5. The highest BCUT2D eigenvalue weighted by molar-refractivity contribution is 7.90. The van der Waals surface area contributed by atoms with Crippen LogP contribution in [0.2, 0.25) is 0 Å². The third kappa shape index (κ3) is 8.09. The van der Waals surface area contributed by atoms with E-state index < -0.39 is 33.6 Å². The zero-order chi connectivity index (χ0) is 33.4. The Hall–Kier alpha value is -4.49. The van der Waals surface area contributed by atoms with Gasteiger partial charge in [0.05, 0.1) is 51.8 Å². The first-order valence-corrected chi connectivity index (χ1v) is 16.7. The number of pyridine rings is 1. The standard InChI is InChI=1S/C31H34F3N9O3S/c1-30(2,44)23-5-7-24(8-6-23)39-26-13-28(36-15-21(26)4-3-20-14-37-42(17-20)19-31(32,33)34)40-27-11-12-35-29(41-27)22-16-38-43(18-22)47(45,46)25-9-10-25/h11-18,23-25,44H,5-10,19H2,1-2H3,(H2,35,36,39,40,41). The quantitative estimate of drug-likeness (QED) is 0.214. The van der Waals surface area contributed by atoms with Crippen LogP contribution in [0.25, 0.3) is 11.4 Å². The van der Waals surface area contributed by atoms with E-state index in [9.17, 15) is 26.7 Å². The molecule has 0 saturated heterocycles. The van der Waals surface area contributed by atoms with Gasteiger partial charge in [0.15, 0.2) is 5.82 Å². The molecule has 0 radical (unpaired) electrons. The van der Waals surface area contributed by atoms with Crippen LogP contribution in [0.3, 0.4) is 0 Å². The summed E-state index contributed by atoms with van der Waals surface area (Å²) < 4.78 is 65.2. The van der Waals surface area contributed by atoms with E-state index in [1.165, 1.54) is 31.0 Å². The molecule has 2 fully saturated rings.